The van der Waals surface area contributed by atoms with Crippen LogP contribution in [0.25, 0.3) is 0 Å². The van der Waals surface area contributed by atoms with Crippen LogP contribution in [0.3, 0.4) is 0 Å². The van der Waals surface area contributed by atoms with Gasteiger partial charge in [0.15, 0.2) is 0 Å². The topological polar surface area (TPSA) is 82.8 Å². The molecule has 0 unspecified atom stereocenters. The number of anilines is 1. The van der Waals surface area contributed by atoms with Gasteiger partial charge in [0.05, 0.1) is 16.5 Å². The van der Waals surface area contributed by atoms with Gasteiger partial charge >= 0.3 is 0 Å². The van der Waals surface area contributed by atoms with Gasteiger partial charge in [-0.1, -0.05) is 17.7 Å². The first-order valence-electron chi connectivity index (χ1n) is 5.57. The first kappa shape index (κ1) is 14.3. The largest absolute Gasteiger partial charge is 0.263 e. The Hall–Kier alpha value is -2.10. The van der Waals surface area contributed by atoms with Crippen molar-refractivity contribution in [3.05, 3.63) is 52.7 Å². The first-order chi connectivity index (χ1) is 9.42. The summed E-state index contributed by atoms with van der Waals surface area (Å²) in [6.45, 7) is 1.65. The molecule has 0 saturated carbocycles. The zero-order chi connectivity index (χ0) is 14.8. The third-order valence-electron chi connectivity index (χ3n) is 2.57. The maximum atomic E-state index is 12.3. The summed E-state index contributed by atoms with van der Waals surface area (Å²) in [4.78, 5) is 3.92. The molecule has 0 fully saturated rings. The van der Waals surface area contributed by atoms with E-state index in [-0.39, 0.29) is 16.3 Å². The summed E-state index contributed by atoms with van der Waals surface area (Å²) in [7, 11) is -3.82. The van der Waals surface area contributed by atoms with E-state index in [0.29, 0.717) is 10.6 Å². The maximum absolute atomic E-state index is 12.3. The number of benzene rings is 1. The van der Waals surface area contributed by atoms with Crippen molar-refractivity contribution in [2.24, 2.45) is 0 Å². The first-order valence-corrected chi connectivity index (χ1v) is 7.43. The van der Waals surface area contributed by atoms with E-state index in [9.17, 15) is 8.42 Å². The van der Waals surface area contributed by atoms with Crippen LogP contribution >= 0.6 is 11.6 Å². The number of pyridine rings is 1. The standard InChI is InChI=1S/C13H10ClN3O2S/c1-9-2-3-10(8-15)6-12(9)20(18,19)17-13-7-11(14)4-5-16-13/h2-7H,1H3,(H,16,17). The van der Waals surface area contributed by atoms with Gasteiger partial charge in [-0.05, 0) is 30.7 Å². The molecule has 7 heteroatoms. The molecule has 0 aliphatic rings. The molecule has 0 amide bonds. The van der Waals surface area contributed by atoms with Crippen LogP contribution in [-0.4, -0.2) is 13.4 Å². The predicted molar refractivity (Wildman–Crippen MR) is 75.9 cm³/mol. The smallest absolute Gasteiger partial charge is 0.263 e. The summed E-state index contributed by atoms with van der Waals surface area (Å²) < 4.78 is 26.9. The van der Waals surface area contributed by atoms with E-state index in [2.05, 4.69) is 9.71 Å². The van der Waals surface area contributed by atoms with Gasteiger partial charge in [0.2, 0.25) is 0 Å². The molecule has 1 aromatic carbocycles. The lowest BCUT2D eigenvalue weighted by Crippen LogP contribution is -2.15. The minimum atomic E-state index is -3.82. The van der Waals surface area contributed by atoms with Crippen LogP contribution in [0.5, 0.6) is 0 Å². The van der Waals surface area contributed by atoms with Gasteiger partial charge in [-0.3, -0.25) is 4.72 Å². The highest BCUT2D eigenvalue weighted by atomic mass is 35.5. The van der Waals surface area contributed by atoms with Crippen molar-refractivity contribution in [3.63, 3.8) is 0 Å². The van der Waals surface area contributed by atoms with Crippen molar-refractivity contribution < 1.29 is 8.42 Å². The minimum absolute atomic E-state index is 0.0401. The van der Waals surface area contributed by atoms with E-state index in [4.69, 9.17) is 16.9 Å². The summed E-state index contributed by atoms with van der Waals surface area (Å²) >= 11 is 5.78. The van der Waals surface area contributed by atoms with Gasteiger partial charge in [0.25, 0.3) is 10.0 Å². The maximum Gasteiger partial charge on any atom is 0.263 e. The third-order valence-corrected chi connectivity index (χ3v) is 4.30. The molecular weight excluding hydrogens is 298 g/mol. The second-order valence-electron chi connectivity index (χ2n) is 4.06. The van der Waals surface area contributed by atoms with Crippen molar-refractivity contribution in [1.82, 2.24) is 4.98 Å². The Bertz CT molecular complexity index is 798. The normalized spacial score (nSPS) is 10.8. The summed E-state index contributed by atoms with van der Waals surface area (Å²) in [6.07, 6.45) is 1.40. The van der Waals surface area contributed by atoms with Crippen LogP contribution in [0.15, 0.2) is 41.4 Å². The number of sulfonamides is 1. The van der Waals surface area contributed by atoms with Gasteiger partial charge in [-0.25, -0.2) is 13.4 Å². The Morgan fingerprint density at radius 1 is 1.30 bits per heavy atom. The second-order valence-corrected chi connectivity index (χ2v) is 6.14. The Labute approximate surface area is 121 Å². The monoisotopic (exact) mass is 307 g/mol. The molecule has 0 spiro atoms. The van der Waals surface area contributed by atoms with E-state index in [0.717, 1.165) is 0 Å². The average Bonchev–Trinajstić information content (AvgIpc) is 2.38. The number of halogens is 1. The molecule has 1 N–H and O–H groups in total. The van der Waals surface area contributed by atoms with E-state index in [1.165, 1.54) is 18.3 Å². The Balaban J connectivity index is 2.43. The molecule has 0 atom stereocenters. The number of nitriles is 1. The highest BCUT2D eigenvalue weighted by Crippen LogP contribution is 2.21. The molecule has 2 aromatic rings. The molecule has 1 aromatic heterocycles. The number of nitrogens with one attached hydrogen (secondary N) is 1. The molecule has 0 radical (unpaired) electrons. The number of nitrogens with zero attached hydrogens (tertiary/aromatic N) is 2. The van der Waals surface area contributed by atoms with Crippen molar-refractivity contribution in [2.75, 3.05) is 4.72 Å². The van der Waals surface area contributed by atoms with Crippen LogP contribution in [0.4, 0.5) is 5.82 Å². The highest BCUT2D eigenvalue weighted by Gasteiger charge is 2.18. The fraction of sp³-hybridized carbons (Fsp3) is 0.0769. The molecular formula is C13H10ClN3O2S. The SMILES string of the molecule is Cc1ccc(C#N)cc1S(=O)(=O)Nc1cc(Cl)ccn1. The minimum Gasteiger partial charge on any atom is -0.263 e. The van der Waals surface area contributed by atoms with E-state index in [1.54, 1.807) is 25.1 Å². The number of hydrogen-bond acceptors (Lipinski definition) is 4. The van der Waals surface area contributed by atoms with Crippen molar-refractivity contribution >= 4 is 27.4 Å². The number of hydrogen-bond donors (Lipinski definition) is 1. The highest BCUT2D eigenvalue weighted by molar-refractivity contribution is 7.92. The van der Waals surface area contributed by atoms with Crippen LogP contribution in [-0.2, 0) is 10.0 Å². The van der Waals surface area contributed by atoms with Gasteiger partial charge in [-0.15, -0.1) is 0 Å². The van der Waals surface area contributed by atoms with Gasteiger partial charge in [0, 0.05) is 17.3 Å². The molecule has 5 nitrogen and oxygen atoms in total. The fourth-order valence-electron chi connectivity index (χ4n) is 1.61. The molecule has 0 aliphatic carbocycles. The van der Waals surface area contributed by atoms with Gasteiger partial charge in [-0.2, -0.15) is 5.26 Å². The average molecular weight is 308 g/mol. The van der Waals surface area contributed by atoms with Crippen LogP contribution < -0.4 is 4.72 Å². The predicted octanol–water partition coefficient (Wildman–Crippen LogP) is 2.72. The molecule has 1 heterocycles. The molecule has 0 saturated heterocycles. The van der Waals surface area contributed by atoms with Crippen molar-refractivity contribution in [3.8, 4) is 6.07 Å². The quantitative estimate of drug-likeness (QED) is 0.945. The van der Waals surface area contributed by atoms with Crippen LogP contribution in [0.1, 0.15) is 11.1 Å². The lowest BCUT2D eigenvalue weighted by Gasteiger charge is -2.10. The summed E-state index contributed by atoms with van der Waals surface area (Å²) in [6, 6.07) is 9.32. The third kappa shape index (κ3) is 3.07. The number of aryl methyl sites for hydroxylation is 1. The van der Waals surface area contributed by atoms with Crippen LogP contribution in [0, 0.1) is 18.3 Å². The Morgan fingerprint density at radius 2 is 2.05 bits per heavy atom. The molecule has 0 aliphatic heterocycles. The lowest BCUT2D eigenvalue weighted by atomic mass is 10.2. The molecule has 102 valence electrons. The van der Waals surface area contributed by atoms with Crippen molar-refractivity contribution in [1.29, 1.82) is 5.26 Å². The molecule has 0 bridgehead atoms. The Kier molecular flexibility index (Phi) is 3.93. The molecule has 20 heavy (non-hydrogen) atoms. The van der Waals surface area contributed by atoms with Crippen molar-refractivity contribution in [2.45, 2.75) is 11.8 Å². The number of aromatic nitrogens is 1. The number of rotatable bonds is 3. The Morgan fingerprint density at radius 3 is 2.70 bits per heavy atom. The summed E-state index contributed by atoms with van der Waals surface area (Å²) in [5.74, 6) is 0.124. The lowest BCUT2D eigenvalue weighted by molar-refractivity contribution is 0.600. The van der Waals surface area contributed by atoms with Gasteiger partial charge < -0.3 is 0 Å². The zero-order valence-corrected chi connectivity index (χ0v) is 12.0. The van der Waals surface area contributed by atoms with E-state index < -0.39 is 10.0 Å². The van der Waals surface area contributed by atoms with Gasteiger partial charge in [0.1, 0.15) is 5.82 Å². The van der Waals surface area contributed by atoms with Crippen LogP contribution in [0.2, 0.25) is 5.02 Å². The second kappa shape index (κ2) is 5.49. The summed E-state index contributed by atoms with van der Waals surface area (Å²) in [5, 5.41) is 9.22. The fourth-order valence-corrected chi connectivity index (χ4v) is 3.04. The molecule has 2 rings (SSSR count). The summed E-state index contributed by atoms with van der Waals surface area (Å²) in [5.41, 5.74) is 0.813. The zero-order valence-electron chi connectivity index (χ0n) is 10.5. The van der Waals surface area contributed by atoms with E-state index in [1.807, 2.05) is 6.07 Å². The van der Waals surface area contributed by atoms with E-state index >= 15 is 0 Å².